The van der Waals surface area contributed by atoms with Crippen LogP contribution in [0.5, 0.6) is 0 Å². The van der Waals surface area contributed by atoms with Gasteiger partial charge >= 0.3 is 0 Å². The van der Waals surface area contributed by atoms with E-state index in [0.717, 1.165) is 32.6 Å². The van der Waals surface area contributed by atoms with Crippen LogP contribution in [0.15, 0.2) is 30.3 Å². The Morgan fingerprint density at radius 3 is 2.48 bits per heavy atom. The summed E-state index contributed by atoms with van der Waals surface area (Å²) in [6.07, 6.45) is 0.917. The molecule has 2 rings (SSSR count). The minimum Gasteiger partial charge on any atom is -0.370 e. The van der Waals surface area contributed by atoms with Gasteiger partial charge in [0.15, 0.2) is 9.84 Å². The summed E-state index contributed by atoms with van der Waals surface area (Å²) in [5, 5.41) is 0. The van der Waals surface area contributed by atoms with Crippen LogP contribution in [-0.4, -0.2) is 63.5 Å². The molecule has 0 aromatic heterocycles. The van der Waals surface area contributed by atoms with Crippen molar-refractivity contribution >= 4 is 21.4 Å². The van der Waals surface area contributed by atoms with Crippen molar-refractivity contribution in [3.63, 3.8) is 0 Å². The van der Waals surface area contributed by atoms with Crippen LogP contribution in [0.1, 0.15) is 12.8 Å². The van der Waals surface area contributed by atoms with E-state index < -0.39 is 15.7 Å². The van der Waals surface area contributed by atoms with E-state index in [0.29, 0.717) is 6.54 Å². The number of carbonyl (C=O) groups is 1. The number of nitrogens with two attached hydrogens (primary N) is 1. The van der Waals surface area contributed by atoms with Crippen LogP contribution in [0, 0.1) is 0 Å². The largest absolute Gasteiger partial charge is 0.370 e. The Morgan fingerprint density at radius 1 is 1.04 bits per heavy atom. The summed E-state index contributed by atoms with van der Waals surface area (Å²) in [6, 6.07) is 10.3. The topological polar surface area (TPSA) is 83.7 Å². The molecule has 1 aliphatic rings. The highest BCUT2D eigenvalue weighted by molar-refractivity contribution is 7.91. The van der Waals surface area contributed by atoms with E-state index in [1.54, 1.807) is 0 Å². The van der Waals surface area contributed by atoms with Gasteiger partial charge in [0.25, 0.3) is 0 Å². The number of rotatable bonds is 7. The first-order valence-electron chi connectivity index (χ1n) is 7.97. The number of nitrogens with zero attached hydrogens (tertiary/aromatic N) is 2. The molecule has 1 aromatic carbocycles. The minimum absolute atomic E-state index is 0.0889. The lowest BCUT2D eigenvalue weighted by Gasteiger charge is -2.23. The molecule has 0 radical (unpaired) electrons. The number of sulfone groups is 1. The molecule has 0 atom stereocenters. The lowest BCUT2D eigenvalue weighted by atomic mass is 10.3. The molecule has 1 fully saturated rings. The van der Waals surface area contributed by atoms with Crippen LogP contribution in [-0.2, 0) is 14.6 Å². The molecule has 23 heavy (non-hydrogen) atoms. The monoisotopic (exact) mass is 339 g/mol. The molecule has 0 spiro atoms. The number of hydrogen-bond donors (Lipinski definition) is 1. The molecule has 0 aliphatic carbocycles. The van der Waals surface area contributed by atoms with E-state index in [1.807, 2.05) is 18.2 Å². The second-order valence-corrected chi connectivity index (χ2v) is 8.19. The predicted molar refractivity (Wildman–Crippen MR) is 92.2 cm³/mol. The Kier molecular flexibility index (Phi) is 6.41. The first-order chi connectivity index (χ1) is 11.0. The van der Waals surface area contributed by atoms with E-state index in [1.165, 1.54) is 5.69 Å². The van der Waals surface area contributed by atoms with Gasteiger partial charge in [-0.3, -0.25) is 4.79 Å². The molecule has 0 bridgehead atoms. The Labute approximate surface area is 138 Å². The predicted octanol–water partition coefficient (Wildman–Crippen LogP) is 0.489. The van der Waals surface area contributed by atoms with Crippen LogP contribution in [0.25, 0.3) is 0 Å². The second-order valence-electron chi connectivity index (χ2n) is 5.89. The van der Waals surface area contributed by atoms with Crippen LogP contribution in [0.4, 0.5) is 5.69 Å². The molecule has 0 unspecified atom stereocenters. The van der Waals surface area contributed by atoms with Gasteiger partial charge in [0.2, 0.25) is 5.91 Å². The first kappa shape index (κ1) is 17.7. The van der Waals surface area contributed by atoms with Crippen molar-refractivity contribution in [2.45, 2.75) is 12.8 Å². The molecule has 128 valence electrons. The van der Waals surface area contributed by atoms with Crippen LogP contribution < -0.4 is 10.6 Å². The van der Waals surface area contributed by atoms with E-state index in [2.05, 4.69) is 21.9 Å². The van der Waals surface area contributed by atoms with Gasteiger partial charge < -0.3 is 15.5 Å². The number of carbonyl (C=O) groups excluding carboxylic acids is 1. The van der Waals surface area contributed by atoms with Crippen molar-refractivity contribution in [2.24, 2.45) is 5.73 Å². The van der Waals surface area contributed by atoms with Gasteiger partial charge in [-0.25, -0.2) is 8.42 Å². The van der Waals surface area contributed by atoms with Crippen molar-refractivity contribution in [1.82, 2.24) is 4.90 Å². The third-order valence-electron chi connectivity index (χ3n) is 4.09. The lowest BCUT2D eigenvalue weighted by Crippen LogP contribution is -2.34. The van der Waals surface area contributed by atoms with Crippen molar-refractivity contribution in [3.05, 3.63) is 30.3 Å². The van der Waals surface area contributed by atoms with Gasteiger partial charge in [0, 0.05) is 38.3 Å². The molecule has 1 aromatic rings. The number of amides is 1. The van der Waals surface area contributed by atoms with Gasteiger partial charge in [-0.15, -0.1) is 0 Å². The Hall–Kier alpha value is -1.60. The molecule has 6 nitrogen and oxygen atoms in total. The van der Waals surface area contributed by atoms with Crippen molar-refractivity contribution in [2.75, 3.05) is 49.1 Å². The first-order valence-corrected chi connectivity index (χ1v) is 9.79. The fourth-order valence-corrected chi connectivity index (χ4v) is 3.97. The summed E-state index contributed by atoms with van der Waals surface area (Å²) in [5.41, 5.74) is 6.22. The highest BCUT2D eigenvalue weighted by Gasteiger charge is 2.18. The van der Waals surface area contributed by atoms with Gasteiger partial charge in [-0.05, 0) is 25.1 Å². The maximum Gasteiger partial charge on any atom is 0.218 e. The minimum atomic E-state index is -3.21. The lowest BCUT2D eigenvalue weighted by molar-refractivity contribution is -0.117. The molecule has 0 saturated carbocycles. The Morgan fingerprint density at radius 2 is 1.78 bits per heavy atom. The van der Waals surface area contributed by atoms with Gasteiger partial charge in [0.05, 0.1) is 11.5 Å². The molecule has 1 aliphatic heterocycles. The molecular weight excluding hydrogens is 314 g/mol. The number of primary amides is 1. The van der Waals surface area contributed by atoms with Crippen LogP contribution >= 0.6 is 0 Å². The molecule has 1 saturated heterocycles. The summed E-state index contributed by atoms with van der Waals surface area (Å²) in [5.74, 6) is -0.625. The maximum atomic E-state index is 11.9. The van der Waals surface area contributed by atoms with E-state index >= 15 is 0 Å². The van der Waals surface area contributed by atoms with Gasteiger partial charge in [-0.2, -0.15) is 0 Å². The summed E-state index contributed by atoms with van der Waals surface area (Å²) < 4.78 is 23.8. The van der Waals surface area contributed by atoms with E-state index in [9.17, 15) is 13.2 Å². The zero-order valence-electron chi connectivity index (χ0n) is 13.4. The molecule has 2 N–H and O–H groups in total. The summed E-state index contributed by atoms with van der Waals surface area (Å²) >= 11 is 0. The van der Waals surface area contributed by atoms with Gasteiger partial charge in [0.1, 0.15) is 0 Å². The number of para-hydroxylation sites is 1. The summed E-state index contributed by atoms with van der Waals surface area (Å²) in [6.45, 7) is 4.14. The zero-order chi connectivity index (χ0) is 16.7. The third kappa shape index (κ3) is 6.19. The van der Waals surface area contributed by atoms with Crippen LogP contribution in [0.3, 0.4) is 0 Å². The maximum absolute atomic E-state index is 11.9. The van der Waals surface area contributed by atoms with Crippen molar-refractivity contribution in [3.8, 4) is 0 Å². The fraction of sp³-hybridized carbons (Fsp3) is 0.562. The quantitative estimate of drug-likeness (QED) is 0.781. The van der Waals surface area contributed by atoms with Crippen LogP contribution in [0.2, 0.25) is 0 Å². The van der Waals surface area contributed by atoms with Crippen molar-refractivity contribution in [1.29, 1.82) is 0 Å². The zero-order valence-corrected chi connectivity index (χ0v) is 14.2. The number of benzene rings is 1. The summed E-state index contributed by atoms with van der Waals surface area (Å²) in [4.78, 5) is 15.2. The third-order valence-corrected chi connectivity index (χ3v) is 5.72. The fourth-order valence-electron chi connectivity index (χ4n) is 2.72. The SMILES string of the molecule is NC(=O)CCS(=O)(=O)CCN1CCCN(c2ccccc2)CC1. The molecule has 1 heterocycles. The number of hydrogen-bond acceptors (Lipinski definition) is 5. The average molecular weight is 339 g/mol. The normalized spacial score (nSPS) is 17.0. The number of anilines is 1. The molecular formula is C16H25N3O3S. The van der Waals surface area contributed by atoms with E-state index in [4.69, 9.17) is 5.73 Å². The highest BCUT2D eigenvalue weighted by Crippen LogP contribution is 2.15. The van der Waals surface area contributed by atoms with Crippen molar-refractivity contribution < 1.29 is 13.2 Å². The smallest absolute Gasteiger partial charge is 0.218 e. The summed E-state index contributed by atoms with van der Waals surface area (Å²) in [7, 11) is -3.21. The van der Waals surface area contributed by atoms with Gasteiger partial charge in [-0.1, -0.05) is 18.2 Å². The molecule has 7 heteroatoms. The second kappa shape index (κ2) is 8.31. The Bertz CT molecular complexity index is 604. The molecule has 1 amide bonds. The standard InChI is InChI=1S/C16H25N3O3S/c17-16(20)7-13-23(21,22)14-12-18-8-4-9-19(11-10-18)15-5-2-1-3-6-15/h1-3,5-6H,4,7-14H2,(H2,17,20). The van der Waals surface area contributed by atoms with E-state index in [-0.39, 0.29) is 17.9 Å². The Balaban J connectivity index is 1.81. The average Bonchev–Trinajstić information content (AvgIpc) is 2.78. The highest BCUT2D eigenvalue weighted by atomic mass is 32.2.